The number of hydrogen-bond donors (Lipinski definition) is 1. The molecule has 0 aliphatic carbocycles. The van der Waals surface area contributed by atoms with Crippen LogP contribution in [0.5, 0.6) is 0 Å². The minimum atomic E-state index is -4.77. The van der Waals surface area contributed by atoms with E-state index in [4.69, 9.17) is 4.42 Å². The first-order valence-corrected chi connectivity index (χ1v) is 11.5. The average Bonchev–Trinajstić information content (AvgIpc) is 3.37. The van der Waals surface area contributed by atoms with Crippen molar-refractivity contribution in [2.45, 2.75) is 45.7 Å². The third-order valence-corrected chi connectivity index (χ3v) is 6.04. The lowest BCUT2D eigenvalue weighted by Gasteiger charge is -2.33. The predicted molar refractivity (Wildman–Crippen MR) is 130 cm³/mol. The highest BCUT2D eigenvalue weighted by atomic mass is 19.4. The first-order valence-electron chi connectivity index (χ1n) is 11.5. The molecule has 1 atom stereocenters. The average molecular weight is 505 g/mol. The van der Waals surface area contributed by atoms with E-state index in [1.54, 1.807) is 25.1 Å². The van der Waals surface area contributed by atoms with Crippen LogP contribution in [0.15, 0.2) is 81.4 Å². The van der Waals surface area contributed by atoms with Gasteiger partial charge in [-0.3, -0.25) is 4.79 Å². The molecule has 1 aliphatic rings. The van der Waals surface area contributed by atoms with Crippen LogP contribution in [0.25, 0.3) is 5.57 Å². The Morgan fingerprint density at radius 3 is 2.53 bits per heavy atom. The van der Waals surface area contributed by atoms with Gasteiger partial charge in [0.1, 0.15) is 11.6 Å². The van der Waals surface area contributed by atoms with E-state index in [1.165, 1.54) is 42.6 Å². The number of alkyl halides is 3. The van der Waals surface area contributed by atoms with Gasteiger partial charge in [-0.05, 0) is 63.0 Å². The number of carbonyl (C=O) groups is 1. The number of likely N-dealkylation sites (tertiary alicyclic amines) is 1. The molecule has 2 heterocycles. The van der Waals surface area contributed by atoms with E-state index >= 15 is 0 Å². The quantitative estimate of drug-likeness (QED) is 0.152. The highest BCUT2D eigenvalue weighted by Gasteiger charge is 2.37. The van der Waals surface area contributed by atoms with Crippen LogP contribution in [-0.4, -0.2) is 40.9 Å². The Labute approximate surface area is 207 Å². The third-order valence-electron chi connectivity index (χ3n) is 6.04. The first-order chi connectivity index (χ1) is 17.0. The van der Waals surface area contributed by atoms with Gasteiger partial charge in [-0.2, -0.15) is 13.2 Å². The molecule has 1 aliphatic heterocycles. The van der Waals surface area contributed by atoms with Crippen molar-refractivity contribution in [1.82, 2.24) is 4.90 Å². The molecule has 36 heavy (non-hydrogen) atoms. The molecule has 192 valence electrons. The van der Waals surface area contributed by atoms with Gasteiger partial charge in [-0.1, -0.05) is 24.3 Å². The molecule has 1 amide bonds. The van der Waals surface area contributed by atoms with Gasteiger partial charge in [0, 0.05) is 24.6 Å². The maximum absolute atomic E-state index is 14.3. The van der Waals surface area contributed by atoms with Crippen LogP contribution in [0.1, 0.15) is 50.7 Å². The summed E-state index contributed by atoms with van der Waals surface area (Å²) in [6.07, 6.45) is 1.56. The molecule has 5 nitrogen and oxygen atoms in total. The lowest BCUT2D eigenvalue weighted by Crippen LogP contribution is -2.40. The van der Waals surface area contributed by atoms with Gasteiger partial charge in [-0.15, -0.1) is 0 Å². The lowest BCUT2D eigenvalue weighted by molar-refractivity contribution is -0.128. The summed E-state index contributed by atoms with van der Waals surface area (Å²) in [5.41, 5.74) is -0.851. The van der Waals surface area contributed by atoms with E-state index in [0.29, 0.717) is 30.5 Å². The molecule has 0 bridgehead atoms. The van der Waals surface area contributed by atoms with E-state index in [9.17, 15) is 27.5 Å². The van der Waals surface area contributed by atoms with Gasteiger partial charge < -0.3 is 14.4 Å². The van der Waals surface area contributed by atoms with Crippen molar-refractivity contribution in [2.75, 3.05) is 13.1 Å². The maximum atomic E-state index is 14.3. The highest BCUT2D eigenvalue weighted by molar-refractivity contribution is 6.05. The van der Waals surface area contributed by atoms with Gasteiger partial charge >= 0.3 is 6.18 Å². The summed E-state index contributed by atoms with van der Waals surface area (Å²) in [4.78, 5) is 18.6. The molecule has 1 aromatic heterocycles. The number of piperidine rings is 1. The Balaban J connectivity index is 1.92. The summed E-state index contributed by atoms with van der Waals surface area (Å²) in [6, 6.07) is 7.82. The number of hydrogen-bond acceptors (Lipinski definition) is 4. The number of aliphatic imine (C=N–C) groups is 1. The Bertz CT molecular complexity index is 1200. The number of halogens is 4. The Hall–Kier alpha value is -3.62. The SMILES string of the molecule is C\C=C(/C=C(\C(C)=N\C(C(=O)N1CCCC(c2ccccc2F)C1)=C(/C)O)C(F)(F)F)c1ccoc1. The fraction of sp³-hybridized carbons (Fsp3) is 0.333. The number of aliphatic hydroxyl groups excluding tert-OH is 1. The van der Waals surface area contributed by atoms with Crippen molar-refractivity contribution in [3.05, 3.63) is 89.0 Å². The van der Waals surface area contributed by atoms with E-state index in [-0.39, 0.29) is 23.9 Å². The largest absolute Gasteiger partial charge is 0.510 e. The minimum absolute atomic E-state index is 0.163. The van der Waals surface area contributed by atoms with Crippen LogP contribution in [0.3, 0.4) is 0 Å². The number of benzene rings is 1. The van der Waals surface area contributed by atoms with Crippen LogP contribution in [-0.2, 0) is 4.79 Å². The summed E-state index contributed by atoms with van der Waals surface area (Å²) in [6.45, 7) is 4.41. The number of allylic oxidation sites excluding steroid dienone is 5. The normalized spacial score (nSPS) is 18.8. The lowest BCUT2D eigenvalue weighted by atomic mass is 9.90. The number of furan rings is 1. The zero-order chi connectivity index (χ0) is 26.5. The monoisotopic (exact) mass is 504 g/mol. The predicted octanol–water partition coefficient (Wildman–Crippen LogP) is 6.97. The second kappa shape index (κ2) is 11.4. The van der Waals surface area contributed by atoms with E-state index in [2.05, 4.69) is 4.99 Å². The smallest absolute Gasteiger partial charge is 0.418 e. The molecular formula is C27H28F4N2O3. The molecule has 2 aromatic rings. The van der Waals surface area contributed by atoms with E-state index in [1.807, 2.05) is 0 Å². The van der Waals surface area contributed by atoms with Crippen molar-refractivity contribution in [3.63, 3.8) is 0 Å². The molecule has 1 fully saturated rings. The molecule has 0 saturated carbocycles. The second-order valence-electron chi connectivity index (χ2n) is 8.55. The van der Waals surface area contributed by atoms with Crippen LogP contribution < -0.4 is 0 Å². The van der Waals surface area contributed by atoms with Crippen LogP contribution in [0, 0.1) is 5.82 Å². The molecule has 3 rings (SSSR count). The van der Waals surface area contributed by atoms with Gasteiger partial charge in [0.25, 0.3) is 5.91 Å². The molecule has 1 N–H and O–H groups in total. The number of nitrogens with zero attached hydrogens (tertiary/aromatic N) is 2. The molecule has 0 spiro atoms. The number of carbonyl (C=O) groups excluding carboxylic acids is 1. The van der Waals surface area contributed by atoms with E-state index in [0.717, 1.165) is 13.0 Å². The van der Waals surface area contributed by atoms with Gasteiger partial charge in [0.05, 0.1) is 23.8 Å². The number of rotatable bonds is 6. The summed E-state index contributed by atoms with van der Waals surface area (Å²) in [7, 11) is 0. The molecule has 1 saturated heterocycles. The summed E-state index contributed by atoms with van der Waals surface area (Å²) >= 11 is 0. The van der Waals surface area contributed by atoms with Crippen molar-refractivity contribution in [2.24, 2.45) is 4.99 Å². The van der Waals surface area contributed by atoms with E-state index < -0.39 is 34.8 Å². The highest BCUT2D eigenvalue weighted by Crippen LogP contribution is 2.32. The number of aliphatic hydroxyl groups is 1. The van der Waals surface area contributed by atoms with Crippen molar-refractivity contribution in [3.8, 4) is 0 Å². The topological polar surface area (TPSA) is 66.0 Å². The summed E-state index contributed by atoms with van der Waals surface area (Å²) in [5.74, 6) is -1.86. The second-order valence-corrected chi connectivity index (χ2v) is 8.55. The number of amides is 1. The molecule has 0 radical (unpaired) electrons. The Morgan fingerprint density at radius 2 is 1.94 bits per heavy atom. The van der Waals surface area contributed by atoms with Gasteiger partial charge in [-0.25, -0.2) is 9.38 Å². The fourth-order valence-corrected chi connectivity index (χ4v) is 4.19. The van der Waals surface area contributed by atoms with Gasteiger partial charge in [0.2, 0.25) is 0 Å². The summed E-state index contributed by atoms with van der Waals surface area (Å²) in [5, 5.41) is 10.2. The Kier molecular flexibility index (Phi) is 8.55. The van der Waals surface area contributed by atoms with Crippen LogP contribution >= 0.6 is 0 Å². The van der Waals surface area contributed by atoms with Crippen molar-refractivity contribution >= 4 is 17.2 Å². The molecule has 1 unspecified atom stereocenters. The van der Waals surface area contributed by atoms with Crippen LogP contribution in [0.2, 0.25) is 0 Å². The molecule has 1 aromatic carbocycles. The third kappa shape index (κ3) is 6.33. The van der Waals surface area contributed by atoms with Crippen molar-refractivity contribution < 1.29 is 31.9 Å². The van der Waals surface area contributed by atoms with Gasteiger partial charge in [0.15, 0.2) is 5.70 Å². The molecule has 9 heteroatoms. The first kappa shape index (κ1) is 27.0. The standard InChI is InChI=1S/C27H28F4N2O3/c1-4-19(21-11-13-36-16-21)14-23(27(29,30)31)17(2)32-25(18(3)34)26(35)33-12-7-8-20(15-33)22-9-5-6-10-24(22)28/h4-6,9-11,13-14,16,20,34H,7-8,12,15H2,1-3H3/b19-4+,23-14+,25-18+,32-17+. The Morgan fingerprint density at radius 1 is 1.22 bits per heavy atom. The molecular weight excluding hydrogens is 476 g/mol. The fourth-order valence-electron chi connectivity index (χ4n) is 4.19. The summed E-state index contributed by atoms with van der Waals surface area (Å²) < 4.78 is 61.2. The minimum Gasteiger partial charge on any atom is -0.510 e. The van der Waals surface area contributed by atoms with Crippen LogP contribution in [0.4, 0.5) is 17.6 Å². The van der Waals surface area contributed by atoms with Crippen molar-refractivity contribution in [1.29, 1.82) is 0 Å². The zero-order valence-electron chi connectivity index (χ0n) is 20.3. The maximum Gasteiger partial charge on any atom is 0.418 e. The zero-order valence-corrected chi connectivity index (χ0v) is 20.3.